The molecule has 8 nitrogen and oxygen atoms in total. The fourth-order valence-electron chi connectivity index (χ4n) is 5.06. The fraction of sp³-hybridized carbons (Fsp3) is 0.250. The Labute approximate surface area is 217 Å². The maximum absolute atomic E-state index is 13.4. The van der Waals surface area contributed by atoms with E-state index in [0.717, 1.165) is 36.0 Å². The Bertz CT molecular complexity index is 1500. The number of amides is 3. The topological polar surface area (TPSA) is 104 Å². The van der Waals surface area contributed by atoms with Crippen molar-refractivity contribution >= 4 is 50.6 Å². The molecule has 3 amide bonds. The summed E-state index contributed by atoms with van der Waals surface area (Å²) in [5, 5.41) is 16.9. The monoisotopic (exact) mass is 514 g/mol. The van der Waals surface area contributed by atoms with Crippen molar-refractivity contribution in [2.45, 2.75) is 44.8 Å². The lowest BCUT2D eigenvalue weighted by atomic mass is 9.92. The average molecular weight is 515 g/mol. The number of anilines is 3. The zero-order valence-electron chi connectivity index (χ0n) is 20.2. The number of para-hydroxylation sites is 1. The van der Waals surface area contributed by atoms with Gasteiger partial charge < -0.3 is 20.5 Å². The van der Waals surface area contributed by atoms with Gasteiger partial charge in [0.15, 0.2) is 0 Å². The van der Waals surface area contributed by atoms with Crippen LogP contribution in [-0.4, -0.2) is 34.2 Å². The normalized spacial score (nSPS) is 19.0. The first-order chi connectivity index (χ1) is 18.0. The number of aliphatic hydroxyl groups is 1. The number of pyridine rings is 1. The molecule has 0 unspecified atom stereocenters. The number of benzene rings is 2. The van der Waals surface area contributed by atoms with E-state index in [9.17, 15) is 14.7 Å². The van der Waals surface area contributed by atoms with Gasteiger partial charge in [0, 0.05) is 6.20 Å². The zero-order valence-corrected chi connectivity index (χ0v) is 21.0. The fourth-order valence-corrected chi connectivity index (χ4v) is 6.09. The van der Waals surface area contributed by atoms with Crippen molar-refractivity contribution in [3.63, 3.8) is 0 Å². The lowest BCUT2D eigenvalue weighted by Crippen LogP contribution is -2.45. The molecule has 1 fully saturated rings. The van der Waals surface area contributed by atoms with Crippen molar-refractivity contribution in [2.75, 3.05) is 10.2 Å². The molecule has 2 aromatic carbocycles. The molecule has 2 atom stereocenters. The summed E-state index contributed by atoms with van der Waals surface area (Å²) in [6.45, 7) is 1.93. The number of thiophene rings is 1. The van der Waals surface area contributed by atoms with E-state index in [-0.39, 0.29) is 18.0 Å². The summed E-state index contributed by atoms with van der Waals surface area (Å²) in [7, 11) is 0. The lowest BCUT2D eigenvalue weighted by Gasteiger charge is -2.30. The van der Waals surface area contributed by atoms with Crippen molar-refractivity contribution in [2.24, 2.45) is 0 Å². The molecule has 3 N–H and O–H groups in total. The van der Waals surface area contributed by atoms with Gasteiger partial charge in [0.2, 0.25) is 0 Å². The van der Waals surface area contributed by atoms with Crippen molar-refractivity contribution in [1.82, 2.24) is 10.3 Å². The SMILES string of the molecule is Cc1cc(Oc2ccccc2)ccc1N1C(=O)Nc2c(C(=O)N[C@H]3CCCC[C@@H]3O)sc3nccc1c23. The van der Waals surface area contributed by atoms with Crippen LogP contribution in [0.2, 0.25) is 0 Å². The van der Waals surface area contributed by atoms with Gasteiger partial charge in [0.25, 0.3) is 5.91 Å². The lowest BCUT2D eigenvalue weighted by molar-refractivity contribution is 0.0720. The number of urea groups is 1. The van der Waals surface area contributed by atoms with E-state index in [4.69, 9.17) is 4.74 Å². The second kappa shape index (κ2) is 9.49. The molecule has 0 radical (unpaired) electrons. The molecule has 1 saturated carbocycles. The molecule has 9 heteroatoms. The van der Waals surface area contributed by atoms with E-state index in [0.29, 0.717) is 38.9 Å². The molecule has 6 rings (SSSR count). The second-order valence-corrected chi connectivity index (χ2v) is 10.4. The van der Waals surface area contributed by atoms with Gasteiger partial charge in [-0.3, -0.25) is 9.69 Å². The summed E-state index contributed by atoms with van der Waals surface area (Å²) < 4.78 is 5.95. The molecule has 37 heavy (non-hydrogen) atoms. The van der Waals surface area contributed by atoms with Gasteiger partial charge in [-0.2, -0.15) is 0 Å². The van der Waals surface area contributed by atoms with Gasteiger partial charge in [0.1, 0.15) is 21.2 Å². The van der Waals surface area contributed by atoms with Crippen LogP contribution in [0.4, 0.5) is 21.9 Å². The van der Waals surface area contributed by atoms with Crippen LogP contribution in [0.5, 0.6) is 11.5 Å². The number of hydrogen-bond donors (Lipinski definition) is 3. The number of nitrogens with zero attached hydrogens (tertiary/aromatic N) is 2. The molecule has 188 valence electrons. The van der Waals surface area contributed by atoms with Gasteiger partial charge in [-0.1, -0.05) is 31.0 Å². The highest BCUT2D eigenvalue weighted by atomic mass is 32.1. The maximum Gasteiger partial charge on any atom is 0.331 e. The summed E-state index contributed by atoms with van der Waals surface area (Å²) >= 11 is 1.24. The van der Waals surface area contributed by atoms with Crippen LogP contribution >= 0.6 is 11.3 Å². The Balaban J connectivity index is 1.34. The van der Waals surface area contributed by atoms with Gasteiger partial charge in [-0.15, -0.1) is 11.3 Å². The van der Waals surface area contributed by atoms with Gasteiger partial charge in [0.05, 0.1) is 34.6 Å². The highest BCUT2D eigenvalue weighted by molar-refractivity contribution is 7.21. The Morgan fingerprint density at radius 1 is 1.11 bits per heavy atom. The summed E-state index contributed by atoms with van der Waals surface area (Å²) in [5.41, 5.74) is 2.69. The molecule has 2 aromatic heterocycles. The van der Waals surface area contributed by atoms with Crippen LogP contribution in [0, 0.1) is 6.92 Å². The summed E-state index contributed by atoms with van der Waals surface area (Å²) in [6, 6.07) is 16.2. The molecular formula is C28H26N4O4S. The van der Waals surface area contributed by atoms with E-state index in [2.05, 4.69) is 15.6 Å². The highest BCUT2D eigenvalue weighted by Crippen LogP contribution is 2.46. The third kappa shape index (κ3) is 4.30. The Kier molecular flexibility index (Phi) is 6.02. The maximum atomic E-state index is 13.4. The molecular weight excluding hydrogens is 488 g/mol. The predicted octanol–water partition coefficient (Wildman–Crippen LogP) is 6.11. The summed E-state index contributed by atoms with van der Waals surface area (Å²) in [5.74, 6) is 1.10. The molecule has 3 heterocycles. The predicted molar refractivity (Wildman–Crippen MR) is 144 cm³/mol. The standard InChI is InChI=1S/C28H26N4O4S/c1-16-15-18(36-17-7-3-2-4-8-17)11-12-20(16)32-21-13-14-29-27-23(21)24(31-28(32)35)25(37-27)26(34)30-19-9-5-6-10-22(19)33/h2-4,7-8,11-15,19,22,33H,5-6,9-10H2,1H3,(H,30,34)(H,31,35)/t19-,22-/m0/s1. The van der Waals surface area contributed by atoms with Crippen molar-refractivity contribution in [1.29, 1.82) is 0 Å². The Morgan fingerprint density at radius 2 is 1.92 bits per heavy atom. The van der Waals surface area contributed by atoms with Crippen molar-refractivity contribution < 1.29 is 19.4 Å². The number of carbonyl (C=O) groups excluding carboxylic acids is 2. The van der Waals surface area contributed by atoms with E-state index in [1.165, 1.54) is 11.3 Å². The minimum Gasteiger partial charge on any atom is -0.457 e. The Morgan fingerprint density at radius 3 is 2.70 bits per heavy atom. The van der Waals surface area contributed by atoms with Crippen molar-refractivity contribution in [3.05, 3.63) is 71.2 Å². The summed E-state index contributed by atoms with van der Waals surface area (Å²) in [4.78, 5) is 33.8. The Hall–Kier alpha value is -3.95. The first-order valence-corrected chi connectivity index (χ1v) is 13.2. The molecule has 0 saturated heterocycles. The largest absolute Gasteiger partial charge is 0.457 e. The average Bonchev–Trinajstić information content (AvgIpc) is 3.26. The molecule has 0 bridgehead atoms. The quantitative estimate of drug-likeness (QED) is 0.298. The number of aromatic nitrogens is 1. The summed E-state index contributed by atoms with van der Waals surface area (Å²) in [6.07, 6.45) is 4.43. The smallest absolute Gasteiger partial charge is 0.331 e. The zero-order chi connectivity index (χ0) is 25.5. The number of nitrogens with one attached hydrogen (secondary N) is 2. The van der Waals surface area contributed by atoms with E-state index in [1.54, 1.807) is 17.2 Å². The number of ether oxygens (including phenoxy) is 1. The number of aryl methyl sites for hydroxylation is 1. The molecule has 1 aliphatic heterocycles. The minimum absolute atomic E-state index is 0.291. The molecule has 2 aliphatic rings. The number of carbonyl (C=O) groups is 2. The molecule has 1 aliphatic carbocycles. The van der Waals surface area contributed by atoms with Gasteiger partial charge in [-0.05, 0) is 61.7 Å². The minimum atomic E-state index is -0.556. The van der Waals surface area contributed by atoms with Crippen molar-refractivity contribution in [3.8, 4) is 11.5 Å². The van der Waals surface area contributed by atoms with Crippen LogP contribution in [-0.2, 0) is 0 Å². The molecule has 0 spiro atoms. The van der Waals surface area contributed by atoms with E-state index < -0.39 is 6.10 Å². The third-order valence-corrected chi connectivity index (χ3v) is 7.98. The van der Waals surface area contributed by atoms with Crippen LogP contribution in [0.25, 0.3) is 10.2 Å². The van der Waals surface area contributed by atoms with Crippen LogP contribution in [0.1, 0.15) is 40.9 Å². The number of hydrogen-bond acceptors (Lipinski definition) is 6. The van der Waals surface area contributed by atoms with Gasteiger partial charge >= 0.3 is 6.03 Å². The second-order valence-electron chi connectivity index (χ2n) is 9.38. The number of rotatable bonds is 5. The van der Waals surface area contributed by atoms with Gasteiger partial charge in [-0.25, -0.2) is 9.78 Å². The third-order valence-electron chi connectivity index (χ3n) is 6.89. The number of aliphatic hydroxyl groups excluding tert-OH is 1. The first kappa shape index (κ1) is 23.4. The first-order valence-electron chi connectivity index (χ1n) is 12.3. The van der Waals surface area contributed by atoms with E-state index >= 15 is 0 Å². The molecule has 4 aromatic rings. The van der Waals surface area contributed by atoms with Crippen LogP contribution in [0.15, 0.2) is 60.8 Å². The van der Waals surface area contributed by atoms with Crippen LogP contribution < -0.4 is 20.3 Å². The highest BCUT2D eigenvalue weighted by Gasteiger charge is 2.34. The van der Waals surface area contributed by atoms with E-state index in [1.807, 2.05) is 55.5 Å². The van der Waals surface area contributed by atoms with Crippen LogP contribution in [0.3, 0.4) is 0 Å².